The average Bonchev–Trinajstić information content (AvgIpc) is 3.14. The monoisotopic (exact) mass is 349 g/mol. The minimum Gasteiger partial charge on any atom is -0.458 e. The van der Waals surface area contributed by atoms with Gasteiger partial charge in [0, 0.05) is 5.39 Å². The van der Waals surface area contributed by atoms with Gasteiger partial charge in [-0.15, -0.1) is 11.3 Å². The van der Waals surface area contributed by atoms with Gasteiger partial charge in [0.2, 0.25) is 0 Å². The molecular formula is C17H23N3O3S. The molecule has 0 unspecified atom stereocenters. The first-order valence-corrected chi connectivity index (χ1v) is 8.93. The lowest BCUT2D eigenvalue weighted by Gasteiger charge is -2.25. The number of aromatic nitrogens is 2. The van der Waals surface area contributed by atoms with E-state index in [-0.39, 0.29) is 17.4 Å². The summed E-state index contributed by atoms with van der Waals surface area (Å²) >= 11 is 1.25. The maximum absolute atomic E-state index is 12.9. The molecule has 0 amide bonds. The predicted molar refractivity (Wildman–Crippen MR) is 95.4 cm³/mol. The van der Waals surface area contributed by atoms with Gasteiger partial charge >= 0.3 is 5.97 Å². The van der Waals surface area contributed by atoms with Gasteiger partial charge in [0.15, 0.2) is 5.54 Å². The quantitative estimate of drug-likeness (QED) is 0.861. The zero-order valence-corrected chi connectivity index (χ0v) is 15.5. The van der Waals surface area contributed by atoms with Crippen LogP contribution in [0.4, 0.5) is 5.00 Å². The van der Waals surface area contributed by atoms with Gasteiger partial charge in [-0.25, -0.2) is 9.48 Å². The average molecular weight is 349 g/mol. The second-order valence-corrected chi connectivity index (χ2v) is 8.77. The van der Waals surface area contributed by atoms with Crippen LogP contribution in [0, 0.1) is 0 Å². The Bertz CT molecular complexity index is 870. The zero-order valence-electron chi connectivity index (χ0n) is 14.7. The SMILES string of the molecule is CC(C)c1nn(C2(C(=O)OC(C)(C)C)CC2)c(=O)c2sc(N)cc12. The van der Waals surface area contributed by atoms with Crippen molar-refractivity contribution in [3.8, 4) is 0 Å². The third-order valence-electron chi connectivity index (χ3n) is 4.08. The third-order valence-corrected chi connectivity index (χ3v) is 5.03. The fraction of sp³-hybridized carbons (Fsp3) is 0.588. The molecule has 0 bridgehead atoms. The highest BCUT2D eigenvalue weighted by atomic mass is 32.1. The molecule has 2 aromatic heterocycles. The molecule has 3 rings (SSSR count). The number of anilines is 1. The van der Waals surface area contributed by atoms with Crippen molar-refractivity contribution in [2.75, 3.05) is 5.73 Å². The molecule has 1 saturated carbocycles. The van der Waals surface area contributed by atoms with Crippen molar-refractivity contribution in [1.29, 1.82) is 0 Å². The number of hydrogen-bond acceptors (Lipinski definition) is 6. The molecule has 1 fully saturated rings. The van der Waals surface area contributed by atoms with Crippen molar-refractivity contribution in [1.82, 2.24) is 9.78 Å². The molecule has 0 aromatic carbocycles. The van der Waals surface area contributed by atoms with Crippen LogP contribution in [0.15, 0.2) is 10.9 Å². The van der Waals surface area contributed by atoms with E-state index in [1.807, 2.05) is 34.6 Å². The fourth-order valence-corrected chi connectivity index (χ4v) is 3.63. The normalized spacial score (nSPS) is 16.6. The molecule has 0 saturated heterocycles. The van der Waals surface area contributed by atoms with Crippen LogP contribution in [-0.4, -0.2) is 21.4 Å². The number of esters is 1. The summed E-state index contributed by atoms with van der Waals surface area (Å²) in [6.07, 6.45) is 1.14. The summed E-state index contributed by atoms with van der Waals surface area (Å²) in [5.74, 6) is -0.272. The van der Waals surface area contributed by atoms with Crippen molar-refractivity contribution in [2.45, 2.75) is 64.5 Å². The van der Waals surface area contributed by atoms with Gasteiger partial charge in [-0.3, -0.25) is 4.79 Å². The molecule has 2 N–H and O–H groups in total. The number of ether oxygens (including phenoxy) is 1. The summed E-state index contributed by atoms with van der Waals surface area (Å²) in [5.41, 5.74) is 4.84. The first-order chi connectivity index (χ1) is 11.0. The molecule has 0 spiro atoms. The van der Waals surface area contributed by atoms with Gasteiger partial charge in [-0.2, -0.15) is 5.10 Å². The molecule has 0 radical (unpaired) electrons. The van der Waals surface area contributed by atoms with Crippen LogP contribution in [0.3, 0.4) is 0 Å². The molecular weight excluding hydrogens is 326 g/mol. The molecule has 2 heterocycles. The highest BCUT2D eigenvalue weighted by Crippen LogP contribution is 2.45. The molecule has 7 heteroatoms. The maximum atomic E-state index is 12.9. The van der Waals surface area contributed by atoms with E-state index in [1.54, 1.807) is 6.07 Å². The maximum Gasteiger partial charge on any atom is 0.334 e. The summed E-state index contributed by atoms with van der Waals surface area (Å²) in [6, 6.07) is 1.79. The van der Waals surface area contributed by atoms with Crippen molar-refractivity contribution in [3.05, 3.63) is 22.1 Å². The van der Waals surface area contributed by atoms with Crippen molar-refractivity contribution in [2.24, 2.45) is 0 Å². The van der Waals surface area contributed by atoms with E-state index in [1.165, 1.54) is 16.0 Å². The Hall–Kier alpha value is -1.89. The predicted octanol–water partition coefficient (Wildman–Crippen LogP) is 2.99. The number of carbonyl (C=O) groups excluding carboxylic acids is 1. The molecule has 1 aliphatic rings. The summed E-state index contributed by atoms with van der Waals surface area (Å²) in [6.45, 7) is 9.48. The van der Waals surface area contributed by atoms with Gasteiger partial charge in [0.1, 0.15) is 10.3 Å². The van der Waals surface area contributed by atoms with Crippen LogP contribution in [0.2, 0.25) is 0 Å². The van der Waals surface area contributed by atoms with Crippen molar-refractivity contribution < 1.29 is 9.53 Å². The van der Waals surface area contributed by atoms with Crippen molar-refractivity contribution in [3.63, 3.8) is 0 Å². The number of carbonyl (C=O) groups is 1. The van der Waals surface area contributed by atoms with E-state index < -0.39 is 11.1 Å². The largest absolute Gasteiger partial charge is 0.458 e. The summed E-state index contributed by atoms with van der Waals surface area (Å²) in [7, 11) is 0. The highest BCUT2D eigenvalue weighted by Gasteiger charge is 2.56. The molecule has 0 atom stereocenters. The van der Waals surface area contributed by atoms with Gasteiger partial charge in [0.05, 0.1) is 10.7 Å². The molecule has 2 aromatic rings. The summed E-state index contributed by atoms with van der Waals surface area (Å²) in [4.78, 5) is 25.6. The number of nitrogens with two attached hydrogens (primary N) is 1. The van der Waals surface area contributed by atoms with E-state index >= 15 is 0 Å². The number of nitrogens with zero attached hydrogens (tertiary/aromatic N) is 2. The Morgan fingerprint density at radius 3 is 2.54 bits per heavy atom. The second kappa shape index (κ2) is 5.31. The standard InChI is InChI=1S/C17H23N3O3S/c1-9(2)12-10-8-11(18)24-13(10)14(21)20(19-12)17(6-7-17)15(22)23-16(3,4)5/h8-9H,6-7,18H2,1-5H3. The van der Waals surface area contributed by atoms with E-state index in [0.717, 1.165) is 11.1 Å². The number of rotatable bonds is 3. The van der Waals surface area contributed by atoms with Crippen LogP contribution >= 0.6 is 11.3 Å². The third kappa shape index (κ3) is 2.70. The number of thiophene rings is 1. The van der Waals surface area contributed by atoms with E-state index in [0.29, 0.717) is 22.5 Å². The molecule has 0 aliphatic heterocycles. The topological polar surface area (TPSA) is 87.2 Å². The van der Waals surface area contributed by atoms with Crippen LogP contribution in [0.1, 0.15) is 59.1 Å². The molecule has 6 nitrogen and oxygen atoms in total. The first kappa shape index (κ1) is 17.0. The summed E-state index contributed by atoms with van der Waals surface area (Å²) in [5, 5.41) is 5.91. The van der Waals surface area contributed by atoms with Crippen LogP contribution < -0.4 is 11.3 Å². The first-order valence-electron chi connectivity index (χ1n) is 8.11. The number of fused-ring (bicyclic) bond motifs is 1. The van der Waals surface area contributed by atoms with Gasteiger partial charge < -0.3 is 10.5 Å². The van der Waals surface area contributed by atoms with Crippen LogP contribution in [0.25, 0.3) is 10.1 Å². The molecule has 1 aliphatic carbocycles. The Balaban J connectivity index is 2.18. The number of nitrogen functional groups attached to an aromatic ring is 1. The van der Waals surface area contributed by atoms with Gasteiger partial charge in [0.25, 0.3) is 5.56 Å². The Labute approximate surface area is 144 Å². The van der Waals surface area contributed by atoms with Crippen LogP contribution in [0.5, 0.6) is 0 Å². The van der Waals surface area contributed by atoms with Crippen LogP contribution in [-0.2, 0) is 15.1 Å². The second-order valence-electron chi connectivity index (χ2n) is 7.68. The fourth-order valence-electron chi connectivity index (χ4n) is 2.77. The lowest BCUT2D eigenvalue weighted by Crippen LogP contribution is -2.42. The van der Waals surface area contributed by atoms with E-state index in [2.05, 4.69) is 5.10 Å². The smallest absolute Gasteiger partial charge is 0.334 e. The lowest BCUT2D eigenvalue weighted by atomic mass is 10.1. The molecule has 130 valence electrons. The highest BCUT2D eigenvalue weighted by molar-refractivity contribution is 7.22. The van der Waals surface area contributed by atoms with Gasteiger partial charge in [-0.1, -0.05) is 13.8 Å². The summed E-state index contributed by atoms with van der Waals surface area (Å²) < 4.78 is 7.43. The van der Waals surface area contributed by atoms with E-state index in [4.69, 9.17) is 10.5 Å². The Kier molecular flexibility index (Phi) is 3.75. The minimum absolute atomic E-state index is 0.114. The van der Waals surface area contributed by atoms with E-state index in [9.17, 15) is 9.59 Å². The minimum atomic E-state index is -0.971. The van der Waals surface area contributed by atoms with Gasteiger partial charge in [-0.05, 0) is 45.6 Å². The Morgan fingerprint density at radius 2 is 2.04 bits per heavy atom. The lowest BCUT2D eigenvalue weighted by molar-refractivity contribution is -0.161. The Morgan fingerprint density at radius 1 is 1.42 bits per heavy atom. The zero-order chi connectivity index (χ0) is 17.9. The van der Waals surface area contributed by atoms with Crippen molar-refractivity contribution >= 4 is 32.4 Å². The number of hydrogen-bond donors (Lipinski definition) is 1. The molecule has 24 heavy (non-hydrogen) atoms.